The zero-order valence-corrected chi connectivity index (χ0v) is 10.2. The summed E-state index contributed by atoms with van der Waals surface area (Å²) in [5.41, 5.74) is -1.24. The van der Waals surface area contributed by atoms with Crippen LogP contribution >= 0.6 is 0 Å². The van der Waals surface area contributed by atoms with Gasteiger partial charge in [0.1, 0.15) is 0 Å². The van der Waals surface area contributed by atoms with Crippen LogP contribution in [0, 0.1) is 5.41 Å². The molecule has 0 aliphatic rings. The van der Waals surface area contributed by atoms with E-state index in [0.717, 1.165) is 0 Å². The Morgan fingerprint density at radius 2 is 1.93 bits per heavy atom. The first kappa shape index (κ1) is 14.2. The van der Waals surface area contributed by atoms with Crippen LogP contribution in [0.3, 0.4) is 0 Å². The first-order valence-electron chi connectivity index (χ1n) is 4.98. The fourth-order valence-electron chi connectivity index (χ4n) is 0.667. The van der Waals surface area contributed by atoms with Gasteiger partial charge in [0.15, 0.2) is 0 Å². The number of hydrogen-bond acceptors (Lipinski definition) is 4. The molecule has 0 fully saturated rings. The van der Waals surface area contributed by atoms with E-state index in [0.29, 0.717) is 5.61 Å². The summed E-state index contributed by atoms with van der Waals surface area (Å²) in [6, 6.07) is 0. The Kier molecular flexibility index (Phi) is 5.04. The predicted molar refractivity (Wildman–Crippen MR) is 64.5 cm³/mol. The molecule has 0 aromatic heterocycles. The molecule has 15 heavy (non-hydrogen) atoms. The van der Waals surface area contributed by atoms with Gasteiger partial charge in [0.2, 0.25) is 0 Å². The van der Waals surface area contributed by atoms with E-state index in [2.05, 4.69) is 5.32 Å². The Labute approximate surface area is 92.5 Å². The molecule has 0 bridgehead atoms. The maximum Gasteiger partial charge on any atom is 0.328 e. The third-order valence-corrected chi connectivity index (χ3v) is 2.51. The molecule has 0 rings (SSSR count). The zero-order chi connectivity index (χ0) is 12.1. The molecule has 4 nitrogen and oxygen atoms in total. The van der Waals surface area contributed by atoms with Crippen LogP contribution in [-0.4, -0.2) is 36.4 Å². The molecule has 0 aliphatic carbocycles. The highest BCUT2D eigenvalue weighted by atomic mass is 16.5. The van der Waals surface area contributed by atoms with Crippen molar-refractivity contribution >= 4 is 13.1 Å². The van der Waals surface area contributed by atoms with Gasteiger partial charge < -0.3 is 20.5 Å². The zero-order valence-electron chi connectivity index (χ0n) is 10.2. The molecule has 0 radical (unpaired) electrons. The molecule has 3 N–H and O–H groups in total. The van der Waals surface area contributed by atoms with Crippen molar-refractivity contribution in [3.63, 3.8) is 0 Å². The highest BCUT2D eigenvalue weighted by molar-refractivity contribution is 6.72. The standard InChI is InChI=1S/C10H21BN2O2/c1-9(2,14)10(3,4)15-11-8(12)6-7-13-5/h6-7,11-14H,1-5H3/b7-6-,12-8?. The van der Waals surface area contributed by atoms with Crippen molar-refractivity contribution in [3.8, 4) is 0 Å². The summed E-state index contributed by atoms with van der Waals surface area (Å²) in [4.78, 5) is 0. The normalized spacial score (nSPS) is 12.9. The van der Waals surface area contributed by atoms with Crippen LogP contribution in [0.1, 0.15) is 27.7 Å². The molecule has 0 aromatic carbocycles. The number of hydrogen-bond donors (Lipinski definition) is 3. The van der Waals surface area contributed by atoms with E-state index < -0.39 is 11.2 Å². The first-order valence-corrected chi connectivity index (χ1v) is 4.98. The Bertz CT molecular complexity index is 244. The van der Waals surface area contributed by atoms with Crippen LogP contribution in [0.5, 0.6) is 0 Å². The van der Waals surface area contributed by atoms with Crippen LogP contribution in [-0.2, 0) is 4.65 Å². The molecule has 0 atom stereocenters. The summed E-state index contributed by atoms with van der Waals surface area (Å²) in [6.45, 7) is 7.00. The summed E-state index contributed by atoms with van der Waals surface area (Å²) < 4.78 is 5.50. The lowest BCUT2D eigenvalue weighted by atomic mass is 9.84. The van der Waals surface area contributed by atoms with Crippen molar-refractivity contribution < 1.29 is 9.76 Å². The topological polar surface area (TPSA) is 65.3 Å². The van der Waals surface area contributed by atoms with E-state index in [1.165, 1.54) is 0 Å². The van der Waals surface area contributed by atoms with Gasteiger partial charge in [-0.3, -0.25) is 0 Å². The molecule has 0 aliphatic heterocycles. The van der Waals surface area contributed by atoms with Gasteiger partial charge in [0.05, 0.1) is 11.2 Å². The van der Waals surface area contributed by atoms with Gasteiger partial charge in [-0.05, 0) is 40.0 Å². The second-order valence-electron chi connectivity index (χ2n) is 4.51. The molecule has 86 valence electrons. The summed E-state index contributed by atoms with van der Waals surface area (Å²) >= 11 is 0. The summed E-state index contributed by atoms with van der Waals surface area (Å²) in [5.74, 6) is 0. The largest absolute Gasteiger partial charge is 0.425 e. The average molecular weight is 212 g/mol. The van der Waals surface area contributed by atoms with Crippen LogP contribution in [0.15, 0.2) is 12.3 Å². The minimum atomic E-state index is -0.931. The Morgan fingerprint density at radius 3 is 2.33 bits per heavy atom. The van der Waals surface area contributed by atoms with Gasteiger partial charge in [-0.15, -0.1) is 0 Å². The van der Waals surface area contributed by atoms with Gasteiger partial charge in [-0.25, -0.2) is 0 Å². The lowest BCUT2D eigenvalue weighted by molar-refractivity contribution is -0.0890. The minimum Gasteiger partial charge on any atom is -0.425 e. The minimum absolute atomic E-state index is 0.190. The molecule has 0 heterocycles. The molecule has 5 heteroatoms. The first-order chi connectivity index (χ1) is 6.70. The SMILES string of the molecule is CN/C=C\C(=N)BOC(C)(C)C(C)(C)O. The van der Waals surface area contributed by atoms with Gasteiger partial charge in [0.25, 0.3) is 0 Å². The molecule has 0 saturated carbocycles. The molecule has 0 aromatic rings. The maximum absolute atomic E-state index is 9.81. The van der Waals surface area contributed by atoms with E-state index in [-0.39, 0.29) is 7.48 Å². The van der Waals surface area contributed by atoms with Gasteiger partial charge in [0, 0.05) is 12.7 Å². The van der Waals surface area contributed by atoms with Crippen LogP contribution in [0.4, 0.5) is 0 Å². The highest BCUT2D eigenvalue weighted by Gasteiger charge is 2.35. The monoisotopic (exact) mass is 212 g/mol. The van der Waals surface area contributed by atoms with Crippen LogP contribution in [0.25, 0.3) is 0 Å². The van der Waals surface area contributed by atoms with Crippen molar-refractivity contribution in [1.29, 1.82) is 5.41 Å². The van der Waals surface area contributed by atoms with Gasteiger partial charge >= 0.3 is 7.48 Å². The number of rotatable bonds is 6. The Balaban J connectivity index is 4.16. The predicted octanol–water partition coefficient (Wildman–Crippen LogP) is 0.614. The van der Waals surface area contributed by atoms with Crippen molar-refractivity contribution in [1.82, 2.24) is 5.32 Å². The lowest BCUT2D eigenvalue weighted by Crippen LogP contribution is -2.48. The molecule has 0 unspecified atom stereocenters. The number of aliphatic hydroxyl groups is 1. The molecular formula is C10H21BN2O2. The second kappa shape index (κ2) is 5.33. The van der Waals surface area contributed by atoms with E-state index in [9.17, 15) is 5.11 Å². The fourth-order valence-corrected chi connectivity index (χ4v) is 0.667. The maximum atomic E-state index is 9.81. The average Bonchev–Trinajstić information content (AvgIpc) is 2.09. The number of allylic oxidation sites excluding steroid dienone is 1. The summed E-state index contributed by atoms with van der Waals surface area (Å²) in [6.07, 6.45) is 3.29. The van der Waals surface area contributed by atoms with Crippen molar-refractivity contribution in [2.45, 2.75) is 38.9 Å². The third kappa shape index (κ3) is 5.00. The van der Waals surface area contributed by atoms with Crippen LogP contribution in [0.2, 0.25) is 0 Å². The van der Waals surface area contributed by atoms with Crippen molar-refractivity contribution in [2.75, 3.05) is 7.05 Å². The highest BCUT2D eigenvalue weighted by Crippen LogP contribution is 2.24. The van der Waals surface area contributed by atoms with Crippen molar-refractivity contribution in [3.05, 3.63) is 12.3 Å². The molecule has 0 spiro atoms. The van der Waals surface area contributed by atoms with Gasteiger partial charge in [-0.1, -0.05) is 0 Å². The Morgan fingerprint density at radius 1 is 1.40 bits per heavy atom. The fraction of sp³-hybridized carbons (Fsp3) is 0.700. The third-order valence-electron chi connectivity index (χ3n) is 2.51. The Hall–Kier alpha value is -0.805. The van der Waals surface area contributed by atoms with E-state index in [1.54, 1.807) is 33.2 Å². The summed E-state index contributed by atoms with van der Waals surface area (Å²) in [7, 11) is 1.96. The van der Waals surface area contributed by atoms with E-state index in [4.69, 9.17) is 10.1 Å². The van der Waals surface area contributed by atoms with Crippen molar-refractivity contribution in [2.24, 2.45) is 0 Å². The number of nitrogens with one attached hydrogen (secondary N) is 2. The molecule has 0 amide bonds. The molecular weight excluding hydrogens is 191 g/mol. The van der Waals surface area contributed by atoms with E-state index >= 15 is 0 Å². The quantitative estimate of drug-likeness (QED) is 0.446. The lowest BCUT2D eigenvalue weighted by Gasteiger charge is -2.37. The van der Waals surface area contributed by atoms with Crippen LogP contribution < -0.4 is 5.32 Å². The van der Waals surface area contributed by atoms with Gasteiger partial charge in [-0.2, -0.15) is 0 Å². The molecule has 0 saturated heterocycles. The summed E-state index contributed by atoms with van der Waals surface area (Å²) in [5, 5.41) is 20.2. The van der Waals surface area contributed by atoms with E-state index in [1.807, 2.05) is 13.8 Å². The second-order valence-corrected chi connectivity index (χ2v) is 4.51. The smallest absolute Gasteiger partial charge is 0.328 e.